The van der Waals surface area contributed by atoms with Crippen LogP contribution in [0.3, 0.4) is 0 Å². The molecule has 1 fully saturated rings. The molecule has 0 radical (unpaired) electrons. The van der Waals surface area contributed by atoms with Crippen molar-refractivity contribution in [1.29, 1.82) is 0 Å². The van der Waals surface area contributed by atoms with Gasteiger partial charge >= 0.3 is 0 Å². The Balaban J connectivity index is 1.84. The summed E-state index contributed by atoms with van der Waals surface area (Å²) in [6, 6.07) is 2.86. The lowest BCUT2D eigenvalue weighted by molar-refractivity contribution is 0.0453. The van der Waals surface area contributed by atoms with Crippen LogP contribution in [-0.4, -0.2) is 45.8 Å². The molecule has 1 aromatic heterocycles. The highest BCUT2D eigenvalue weighted by Gasteiger charge is 2.26. The lowest BCUT2D eigenvalue weighted by Crippen LogP contribution is -2.40. The number of halogens is 1. The molecule has 1 aliphatic rings. The molecule has 0 saturated carbocycles. The van der Waals surface area contributed by atoms with Crippen molar-refractivity contribution >= 4 is 0 Å². The first-order valence-electron chi connectivity index (χ1n) is 7.67. The summed E-state index contributed by atoms with van der Waals surface area (Å²) >= 11 is 0. The molecule has 3 atom stereocenters. The Labute approximate surface area is 125 Å². The number of aliphatic hydroxyl groups excluding tert-OH is 2. The van der Waals surface area contributed by atoms with Gasteiger partial charge in [0.05, 0.1) is 24.1 Å². The number of hydrogen-bond donors (Lipinski definition) is 2. The minimum absolute atomic E-state index is 0.0334. The molecule has 1 aromatic rings. The van der Waals surface area contributed by atoms with Gasteiger partial charge in [-0.1, -0.05) is 6.92 Å². The molecule has 0 aliphatic carbocycles. The van der Waals surface area contributed by atoms with Gasteiger partial charge in [0, 0.05) is 12.5 Å². The summed E-state index contributed by atoms with van der Waals surface area (Å²) in [7, 11) is 0. The average Bonchev–Trinajstić information content (AvgIpc) is 2.47. The van der Waals surface area contributed by atoms with Crippen LogP contribution in [0.4, 0.5) is 4.39 Å². The Morgan fingerprint density at radius 3 is 2.48 bits per heavy atom. The zero-order valence-corrected chi connectivity index (χ0v) is 12.7. The molecule has 0 aromatic carbocycles. The SMILES string of the molecule is CC(O)C1CCN(CC(C)C(O)c2ccc(F)cn2)CC1. The third kappa shape index (κ3) is 4.46. The average molecular weight is 296 g/mol. The molecule has 2 N–H and O–H groups in total. The van der Waals surface area contributed by atoms with Crippen LogP contribution in [-0.2, 0) is 0 Å². The van der Waals surface area contributed by atoms with E-state index in [4.69, 9.17) is 0 Å². The number of hydrogen-bond acceptors (Lipinski definition) is 4. The highest BCUT2D eigenvalue weighted by Crippen LogP contribution is 2.25. The number of aliphatic hydroxyl groups is 2. The van der Waals surface area contributed by atoms with Crippen LogP contribution in [0.15, 0.2) is 18.3 Å². The maximum Gasteiger partial charge on any atom is 0.141 e. The monoisotopic (exact) mass is 296 g/mol. The number of aromatic nitrogens is 1. The number of piperidine rings is 1. The standard InChI is InChI=1S/C16H25FN2O2/c1-11(16(21)15-4-3-14(17)9-18-15)10-19-7-5-13(6-8-19)12(2)20/h3-4,9,11-13,16,20-21H,5-8,10H2,1-2H3. The molecule has 21 heavy (non-hydrogen) atoms. The predicted molar refractivity (Wildman–Crippen MR) is 79.2 cm³/mol. The molecule has 2 rings (SSSR count). The predicted octanol–water partition coefficient (Wildman–Crippen LogP) is 1.98. The fraction of sp³-hybridized carbons (Fsp3) is 0.688. The van der Waals surface area contributed by atoms with Gasteiger partial charge < -0.3 is 15.1 Å². The van der Waals surface area contributed by atoms with Gasteiger partial charge in [-0.05, 0) is 50.9 Å². The molecule has 4 nitrogen and oxygen atoms in total. The summed E-state index contributed by atoms with van der Waals surface area (Å²) in [6.07, 6.45) is 2.21. The first-order chi connectivity index (χ1) is 9.97. The van der Waals surface area contributed by atoms with Crippen LogP contribution in [0.25, 0.3) is 0 Å². The molecule has 3 unspecified atom stereocenters. The maximum atomic E-state index is 12.9. The third-order valence-electron chi connectivity index (χ3n) is 4.45. The Morgan fingerprint density at radius 2 is 1.95 bits per heavy atom. The van der Waals surface area contributed by atoms with Crippen LogP contribution < -0.4 is 0 Å². The van der Waals surface area contributed by atoms with Crippen LogP contribution in [0.1, 0.15) is 38.5 Å². The van der Waals surface area contributed by atoms with Gasteiger partial charge in [0.1, 0.15) is 5.82 Å². The summed E-state index contributed by atoms with van der Waals surface area (Å²) < 4.78 is 12.9. The molecule has 2 heterocycles. The lowest BCUT2D eigenvalue weighted by Gasteiger charge is -2.35. The van der Waals surface area contributed by atoms with E-state index in [1.807, 2.05) is 13.8 Å². The van der Waals surface area contributed by atoms with Crippen LogP contribution in [0.5, 0.6) is 0 Å². The second-order valence-corrected chi connectivity index (χ2v) is 6.20. The second kappa shape index (κ2) is 7.29. The zero-order valence-electron chi connectivity index (χ0n) is 12.7. The van der Waals surface area contributed by atoms with Crippen molar-refractivity contribution in [1.82, 2.24) is 9.88 Å². The zero-order chi connectivity index (χ0) is 15.4. The number of likely N-dealkylation sites (tertiary alicyclic amines) is 1. The van der Waals surface area contributed by atoms with E-state index in [9.17, 15) is 14.6 Å². The van der Waals surface area contributed by atoms with Gasteiger partial charge in [0.2, 0.25) is 0 Å². The van der Waals surface area contributed by atoms with E-state index >= 15 is 0 Å². The number of nitrogens with zero attached hydrogens (tertiary/aromatic N) is 2. The Bertz CT molecular complexity index is 430. The number of rotatable bonds is 5. The molecule has 1 aliphatic heterocycles. The molecule has 1 saturated heterocycles. The van der Waals surface area contributed by atoms with E-state index in [-0.39, 0.29) is 12.0 Å². The van der Waals surface area contributed by atoms with E-state index < -0.39 is 11.9 Å². The highest BCUT2D eigenvalue weighted by molar-refractivity contribution is 5.08. The molecule has 5 heteroatoms. The minimum Gasteiger partial charge on any atom is -0.393 e. The van der Waals surface area contributed by atoms with Gasteiger partial charge in [-0.25, -0.2) is 4.39 Å². The Kier molecular flexibility index (Phi) is 5.67. The van der Waals surface area contributed by atoms with Crippen LogP contribution >= 0.6 is 0 Å². The van der Waals surface area contributed by atoms with E-state index in [0.29, 0.717) is 11.6 Å². The van der Waals surface area contributed by atoms with Crippen molar-refractivity contribution in [2.24, 2.45) is 11.8 Å². The normalized spacial score (nSPS) is 22.0. The van der Waals surface area contributed by atoms with Gasteiger partial charge in [-0.15, -0.1) is 0 Å². The van der Waals surface area contributed by atoms with Gasteiger partial charge in [0.15, 0.2) is 0 Å². The molecule has 118 valence electrons. The van der Waals surface area contributed by atoms with Gasteiger partial charge in [-0.3, -0.25) is 4.98 Å². The lowest BCUT2D eigenvalue weighted by atomic mass is 9.91. The first-order valence-corrected chi connectivity index (χ1v) is 7.67. The van der Waals surface area contributed by atoms with Crippen LogP contribution in [0, 0.1) is 17.7 Å². The van der Waals surface area contributed by atoms with E-state index in [0.717, 1.165) is 38.7 Å². The summed E-state index contributed by atoms with van der Waals surface area (Å²) in [5, 5.41) is 19.9. The highest BCUT2D eigenvalue weighted by atomic mass is 19.1. The van der Waals surface area contributed by atoms with E-state index in [1.54, 1.807) is 0 Å². The smallest absolute Gasteiger partial charge is 0.141 e. The molecular weight excluding hydrogens is 271 g/mol. The Morgan fingerprint density at radius 1 is 1.29 bits per heavy atom. The first kappa shape index (κ1) is 16.3. The van der Waals surface area contributed by atoms with Crippen molar-refractivity contribution in [2.75, 3.05) is 19.6 Å². The molecular formula is C16H25FN2O2. The van der Waals surface area contributed by atoms with Crippen molar-refractivity contribution in [2.45, 2.75) is 38.9 Å². The van der Waals surface area contributed by atoms with Crippen molar-refractivity contribution in [3.05, 3.63) is 29.8 Å². The summed E-state index contributed by atoms with van der Waals surface area (Å²) in [5.41, 5.74) is 0.516. The summed E-state index contributed by atoms with van der Waals surface area (Å²) in [5.74, 6) is 0.0325. The fourth-order valence-corrected chi connectivity index (χ4v) is 2.98. The minimum atomic E-state index is -0.680. The van der Waals surface area contributed by atoms with Gasteiger partial charge in [0.25, 0.3) is 0 Å². The van der Waals surface area contributed by atoms with Crippen LogP contribution in [0.2, 0.25) is 0 Å². The van der Waals surface area contributed by atoms with Crippen molar-refractivity contribution in [3.8, 4) is 0 Å². The van der Waals surface area contributed by atoms with E-state index in [1.165, 1.54) is 12.1 Å². The second-order valence-electron chi connectivity index (χ2n) is 6.20. The van der Waals surface area contributed by atoms with Crippen molar-refractivity contribution in [3.63, 3.8) is 0 Å². The molecule has 0 spiro atoms. The maximum absolute atomic E-state index is 12.9. The van der Waals surface area contributed by atoms with E-state index in [2.05, 4.69) is 9.88 Å². The Hall–Kier alpha value is -1.04. The largest absolute Gasteiger partial charge is 0.393 e. The summed E-state index contributed by atoms with van der Waals surface area (Å²) in [4.78, 5) is 6.27. The quantitative estimate of drug-likeness (QED) is 0.872. The summed E-state index contributed by atoms with van der Waals surface area (Å²) in [6.45, 7) is 6.52. The van der Waals surface area contributed by atoms with Gasteiger partial charge in [-0.2, -0.15) is 0 Å². The van der Waals surface area contributed by atoms with Crippen molar-refractivity contribution < 1.29 is 14.6 Å². The topological polar surface area (TPSA) is 56.6 Å². The third-order valence-corrected chi connectivity index (χ3v) is 4.45. The molecule has 0 amide bonds. The fourth-order valence-electron chi connectivity index (χ4n) is 2.98. The molecule has 0 bridgehead atoms. The number of pyridine rings is 1.